The molecule has 11 heteroatoms. The topological polar surface area (TPSA) is 95.9 Å². The first-order chi connectivity index (χ1) is 13.4. The number of sulfonamides is 1. The second kappa shape index (κ2) is 10.7. The molecule has 1 aromatic rings. The average Bonchev–Trinajstić information content (AvgIpc) is 2.62. The maximum Gasteiger partial charge on any atom is 0.389 e. The largest absolute Gasteiger partial charge is 0.507 e. The van der Waals surface area contributed by atoms with Crippen LogP contribution in [0.25, 0.3) is 0 Å². The van der Waals surface area contributed by atoms with E-state index in [-0.39, 0.29) is 22.6 Å². The molecule has 0 saturated heterocycles. The van der Waals surface area contributed by atoms with Crippen LogP contribution < -0.4 is 5.32 Å². The molecular formula is C18H27F3N2O5S. The highest BCUT2D eigenvalue weighted by atomic mass is 32.2. The predicted octanol–water partition coefficient (Wildman–Crippen LogP) is 3.74. The summed E-state index contributed by atoms with van der Waals surface area (Å²) in [7, 11) is -0.122. The number of ether oxygens (including phenoxy) is 1. The number of phenolic OH excluding ortho intramolecular Hbond substituents is 1. The van der Waals surface area contributed by atoms with Crippen molar-refractivity contribution in [1.29, 1.82) is 0 Å². The van der Waals surface area contributed by atoms with Crippen molar-refractivity contribution in [3.63, 3.8) is 0 Å². The molecule has 0 atom stereocenters. The molecule has 0 spiro atoms. The minimum Gasteiger partial charge on any atom is -0.507 e. The summed E-state index contributed by atoms with van der Waals surface area (Å²) in [4.78, 5) is 11.6. The molecule has 0 heterocycles. The maximum atomic E-state index is 12.6. The fraction of sp³-hybridized carbons (Fsp3) is 0.611. The van der Waals surface area contributed by atoms with Crippen LogP contribution in [0.4, 0.5) is 18.9 Å². The number of carbonyl (C=O) groups excluding carboxylic acids is 1. The number of halogens is 3. The number of nitrogens with zero attached hydrogens (tertiary/aromatic N) is 1. The predicted molar refractivity (Wildman–Crippen MR) is 103 cm³/mol. The van der Waals surface area contributed by atoms with E-state index in [0.717, 1.165) is 23.5 Å². The van der Waals surface area contributed by atoms with Gasteiger partial charge in [-0.05, 0) is 18.9 Å². The zero-order chi connectivity index (χ0) is 22.2. The van der Waals surface area contributed by atoms with Gasteiger partial charge in [0.05, 0.1) is 12.8 Å². The maximum absolute atomic E-state index is 12.6. The minimum atomic E-state index is -4.13. The van der Waals surface area contributed by atoms with Gasteiger partial charge in [0, 0.05) is 33.1 Å². The molecule has 0 saturated carbocycles. The highest BCUT2D eigenvalue weighted by Crippen LogP contribution is 2.32. The van der Waals surface area contributed by atoms with Crippen LogP contribution in [0.5, 0.6) is 5.75 Å². The number of methoxy groups -OCH3 is 1. The molecule has 29 heavy (non-hydrogen) atoms. The quantitative estimate of drug-likeness (QED) is 0.402. The number of carbonyl (C=O) groups is 1. The third kappa shape index (κ3) is 7.73. The van der Waals surface area contributed by atoms with Crippen molar-refractivity contribution in [3.05, 3.63) is 17.7 Å². The van der Waals surface area contributed by atoms with Gasteiger partial charge >= 0.3 is 12.1 Å². The Labute approximate surface area is 168 Å². The lowest BCUT2D eigenvalue weighted by Crippen LogP contribution is -2.24. The van der Waals surface area contributed by atoms with Crippen LogP contribution in [0.15, 0.2) is 17.0 Å². The number of phenols is 1. The van der Waals surface area contributed by atoms with Gasteiger partial charge in [0.1, 0.15) is 16.2 Å². The normalized spacial score (nSPS) is 12.2. The van der Waals surface area contributed by atoms with Crippen LogP contribution in [-0.2, 0) is 14.8 Å². The summed E-state index contributed by atoms with van der Waals surface area (Å²) in [5.41, 5.74) is -0.149. The number of benzene rings is 1. The Bertz CT molecular complexity index is 795. The Kier molecular flexibility index (Phi) is 9.21. The molecule has 0 aliphatic rings. The summed E-state index contributed by atoms with van der Waals surface area (Å²) in [5, 5.41) is 13.0. The Morgan fingerprint density at radius 1 is 1.14 bits per heavy atom. The van der Waals surface area contributed by atoms with Gasteiger partial charge in [-0.3, -0.25) is 0 Å². The number of hydrogen-bond acceptors (Lipinski definition) is 6. The summed E-state index contributed by atoms with van der Waals surface area (Å²) in [5.74, 6) is -1.30. The zero-order valence-corrected chi connectivity index (χ0v) is 17.5. The van der Waals surface area contributed by atoms with Gasteiger partial charge in [-0.2, -0.15) is 13.2 Å². The van der Waals surface area contributed by atoms with E-state index in [0.29, 0.717) is 32.2 Å². The Hall–Kier alpha value is -2.01. The molecule has 0 amide bonds. The molecule has 166 valence electrons. The summed E-state index contributed by atoms with van der Waals surface area (Å²) in [6.45, 7) is 0.353. The van der Waals surface area contributed by atoms with Crippen LogP contribution in [0.2, 0.25) is 0 Å². The van der Waals surface area contributed by atoms with Crippen molar-refractivity contribution >= 4 is 21.7 Å². The second-order valence-electron chi connectivity index (χ2n) is 6.70. The van der Waals surface area contributed by atoms with Crippen molar-refractivity contribution in [2.75, 3.05) is 33.1 Å². The van der Waals surface area contributed by atoms with Crippen molar-refractivity contribution in [3.8, 4) is 5.75 Å². The smallest absolute Gasteiger partial charge is 0.389 e. The third-order valence-corrected chi connectivity index (χ3v) is 6.07. The molecule has 2 N–H and O–H groups in total. The van der Waals surface area contributed by atoms with Crippen LogP contribution in [0.1, 0.15) is 48.9 Å². The van der Waals surface area contributed by atoms with Crippen molar-refractivity contribution < 1.29 is 36.2 Å². The molecule has 7 nitrogen and oxygen atoms in total. The lowest BCUT2D eigenvalue weighted by Gasteiger charge is -2.18. The molecule has 0 fully saturated rings. The van der Waals surface area contributed by atoms with E-state index < -0.39 is 34.3 Å². The zero-order valence-electron chi connectivity index (χ0n) is 16.7. The molecule has 0 radical (unpaired) electrons. The van der Waals surface area contributed by atoms with Crippen molar-refractivity contribution in [1.82, 2.24) is 4.31 Å². The SMILES string of the molecule is COC(=O)c1cc(S(=O)(=O)N(C)C)c(NCCCCCCCC(F)(F)F)cc1O. The van der Waals surface area contributed by atoms with Gasteiger partial charge in [0.25, 0.3) is 0 Å². The molecule has 1 aromatic carbocycles. The van der Waals surface area contributed by atoms with E-state index in [9.17, 15) is 31.5 Å². The molecule has 1 rings (SSSR count). The van der Waals surface area contributed by atoms with Crippen LogP contribution in [0, 0.1) is 0 Å². The molecule has 0 unspecified atom stereocenters. The second-order valence-corrected chi connectivity index (χ2v) is 8.82. The Morgan fingerprint density at radius 2 is 1.72 bits per heavy atom. The highest BCUT2D eigenvalue weighted by molar-refractivity contribution is 7.89. The van der Waals surface area contributed by atoms with Gasteiger partial charge in [0.15, 0.2) is 0 Å². The first-order valence-corrected chi connectivity index (χ1v) is 10.5. The number of hydrogen-bond donors (Lipinski definition) is 2. The van der Waals surface area contributed by atoms with E-state index in [4.69, 9.17) is 0 Å². The van der Waals surface area contributed by atoms with E-state index in [2.05, 4.69) is 10.1 Å². The van der Waals surface area contributed by atoms with Crippen LogP contribution >= 0.6 is 0 Å². The van der Waals surface area contributed by atoms with Gasteiger partial charge in [-0.25, -0.2) is 17.5 Å². The fourth-order valence-electron chi connectivity index (χ4n) is 2.59. The lowest BCUT2D eigenvalue weighted by molar-refractivity contribution is -0.135. The van der Waals surface area contributed by atoms with E-state index in [1.54, 1.807) is 0 Å². The number of rotatable bonds is 11. The summed E-state index contributed by atoms with van der Waals surface area (Å²) >= 11 is 0. The minimum absolute atomic E-state index is 0.0883. The van der Waals surface area contributed by atoms with Crippen LogP contribution in [0.3, 0.4) is 0 Å². The highest BCUT2D eigenvalue weighted by Gasteiger charge is 2.26. The average molecular weight is 440 g/mol. The Morgan fingerprint density at radius 3 is 2.28 bits per heavy atom. The monoisotopic (exact) mass is 440 g/mol. The van der Waals surface area contributed by atoms with Gasteiger partial charge in [-0.1, -0.05) is 19.3 Å². The molecule has 0 aliphatic carbocycles. The van der Waals surface area contributed by atoms with E-state index in [1.807, 2.05) is 0 Å². The molecular weight excluding hydrogens is 413 g/mol. The van der Waals surface area contributed by atoms with Gasteiger partial charge in [-0.15, -0.1) is 0 Å². The summed E-state index contributed by atoms with van der Waals surface area (Å²) in [6, 6.07) is 2.20. The lowest BCUT2D eigenvalue weighted by atomic mass is 10.1. The summed E-state index contributed by atoms with van der Waals surface area (Å²) < 4.78 is 66.9. The third-order valence-electron chi connectivity index (χ3n) is 4.21. The molecule has 0 aromatic heterocycles. The first-order valence-electron chi connectivity index (χ1n) is 9.08. The standard InChI is InChI=1S/C18H27F3N2O5S/c1-23(2)29(26,27)16-11-13(17(25)28-3)15(24)12-14(16)22-10-8-6-4-5-7-9-18(19,20)21/h11-12,22,24H,4-10H2,1-3H3. The summed E-state index contributed by atoms with van der Waals surface area (Å²) in [6.07, 6.45) is -2.45. The number of alkyl halides is 3. The number of unbranched alkanes of at least 4 members (excludes halogenated alkanes) is 4. The van der Waals surface area contributed by atoms with Crippen LogP contribution in [-0.4, -0.2) is 57.7 Å². The van der Waals surface area contributed by atoms with E-state index >= 15 is 0 Å². The number of esters is 1. The van der Waals surface area contributed by atoms with Crippen molar-refractivity contribution in [2.45, 2.75) is 49.6 Å². The van der Waals surface area contributed by atoms with E-state index in [1.165, 1.54) is 14.1 Å². The van der Waals surface area contributed by atoms with Gasteiger partial charge in [0.2, 0.25) is 10.0 Å². The molecule has 0 aliphatic heterocycles. The first kappa shape index (κ1) is 25.0. The molecule has 0 bridgehead atoms. The number of anilines is 1. The fourth-order valence-corrected chi connectivity index (χ4v) is 3.66. The number of aromatic hydroxyl groups is 1. The number of nitrogens with one attached hydrogen (secondary N) is 1. The van der Waals surface area contributed by atoms with Gasteiger partial charge < -0.3 is 15.2 Å². The van der Waals surface area contributed by atoms with Crippen molar-refractivity contribution in [2.24, 2.45) is 0 Å². The Balaban J connectivity index is 2.78.